The van der Waals surface area contributed by atoms with Crippen LogP contribution in [0.2, 0.25) is 0 Å². The summed E-state index contributed by atoms with van der Waals surface area (Å²) in [7, 11) is 1.31. The third kappa shape index (κ3) is 5.21. The Bertz CT molecular complexity index is 446. The van der Waals surface area contributed by atoms with Crippen LogP contribution in [-0.4, -0.2) is 29.5 Å². The van der Waals surface area contributed by atoms with Gasteiger partial charge in [-0.15, -0.1) is 0 Å². The van der Waals surface area contributed by atoms with Crippen LogP contribution in [0, 0.1) is 0 Å². The first-order valence-corrected chi connectivity index (χ1v) is 6.89. The molecular weight excluding hydrogens is 285 g/mol. The van der Waals surface area contributed by atoms with Crippen LogP contribution >= 0.6 is 0 Å². The van der Waals surface area contributed by atoms with Gasteiger partial charge in [-0.25, -0.2) is 0 Å². The van der Waals surface area contributed by atoms with Gasteiger partial charge in [0, 0.05) is 0 Å². The molecule has 0 heterocycles. The van der Waals surface area contributed by atoms with Crippen molar-refractivity contribution in [3.8, 4) is 5.75 Å². The molecule has 0 saturated carbocycles. The van der Waals surface area contributed by atoms with Crippen molar-refractivity contribution in [3.63, 3.8) is 0 Å². The maximum atomic E-state index is 12.6. The van der Waals surface area contributed by atoms with E-state index in [9.17, 15) is 23.4 Å². The van der Waals surface area contributed by atoms with Gasteiger partial charge in [0.2, 0.25) is 0 Å². The van der Waals surface area contributed by atoms with Crippen LogP contribution < -0.4 is 4.74 Å². The predicted octanol–water partition coefficient (Wildman–Crippen LogP) is 3.17. The smallest absolute Gasteiger partial charge is 0.416 e. The second-order valence-corrected chi connectivity index (χ2v) is 4.99. The summed E-state index contributed by atoms with van der Waals surface area (Å²) in [6.45, 7) is 1.90. The zero-order valence-corrected chi connectivity index (χ0v) is 12.2. The number of aryl methyl sites for hydroxylation is 1. The van der Waals surface area contributed by atoms with Crippen molar-refractivity contribution in [2.24, 2.45) is 0 Å². The molecule has 6 heteroatoms. The molecule has 0 aliphatic carbocycles. The van der Waals surface area contributed by atoms with Crippen LogP contribution in [0.3, 0.4) is 0 Å². The second-order valence-electron chi connectivity index (χ2n) is 4.99. The van der Waals surface area contributed by atoms with Gasteiger partial charge in [-0.1, -0.05) is 19.4 Å². The zero-order chi connectivity index (χ0) is 16.0. The molecule has 0 saturated heterocycles. The van der Waals surface area contributed by atoms with Gasteiger partial charge in [0.15, 0.2) is 0 Å². The van der Waals surface area contributed by atoms with Crippen LogP contribution in [0.5, 0.6) is 5.75 Å². The van der Waals surface area contributed by atoms with Gasteiger partial charge in [0.1, 0.15) is 5.75 Å². The monoisotopic (exact) mass is 306 g/mol. The van der Waals surface area contributed by atoms with E-state index < -0.39 is 23.9 Å². The Hall–Kier alpha value is -1.27. The molecule has 3 nitrogen and oxygen atoms in total. The number of aliphatic hydroxyl groups is 2. The lowest BCUT2D eigenvalue weighted by Gasteiger charge is -2.18. The molecule has 120 valence electrons. The molecule has 0 aliphatic heterocycles. The summed E-state index contributed by atoms with van der Waals surface area (Å²) in [5, 5.41) is 19.4. The fraction of sp³-hybridized carbons (Fsp3) is 0.600. The Morgan fingerprint density at radius 2 is 1.76 bits per heavy atom. The van der Waals surface area contributed by atoms with E-state index in [1.54, 1.807) is 0 Å². The maximum absolute atomic E-state index is 12.6. The molecule has 21 heavy (non-hydrogen) atoms. The zero-order valence-electron chi connectivity index (χ0n) is 12.2. The summed E-state index contributed by atoms with van der Waals surface area (Å²) in [5.74, 6) is 0.141. The highest BCUT2D eigenvalue weighted by atomic mass is 19.4. The minimum atomic E-state index is -4.41. The van der Waals surface area contributed by atoms with Crippen molar-refractivity contribution in [2.75, 3.05) is 7.11 Å². The molecule has 1 rings (SSSR count). The van der Waals surface area contributed by atoms with E-state index in [0.717, 1.165) is 18.6 Å². The molecule has 0 fully saturated rings. The van der Waals surface area contributed by atoms with Crippen LogP contribution in [0.4, 0.5) is 13.2 Å². The summed E-state index contributed by atoms with van der Waals surface area (Å²) >= 11 is 0. The van der Waals surface area contributed by atoms with E-state index in [1.165, 1.54) is 13.2 Å². The highest BCUT2D eigenvalue weighted by Gasteiger charge is 2.31. The molecule has 2 N–H and O–H groups in total. The Kier molecular flexibility index (Phi) is 6.48. The summed E-state index contributed by atoms with van der Waals surface area (Å²) in [5.41, 5.74) is -0.192. The van der Waals surface area contributed by atoms with E-state index in [1.807, 2.05) is 6.92 Å². The molecular formula is C15H21F3O3. The fourth-order valence-corrected chi connectivity index (χ4v) is 2.11. The van der Waals surface area contributed by atoms with Crippen molar-refractivity contribution in [3.05, 3.63) is 29.3 Å². The predicted molar refractivity (Wildman–Crippen MR) is 73.2 cm³/mol. The quantitative estimate of drug-likeness (QED) is 0.813. The number of alkyl halides is 3. The van der Waals surface area contributed by atoms with E-state index in [-0.39, 0.29) is 12.2 Å². The van der Waals surface area contributed by atoms with E-state index in [2.05, 4.69) is 0 Å². The van der Waals surface area contributed by atoms with Crippen LogP contribution in [0.1, 0.15) is 37.3 Å². The van der Waals surface area contributed by atoms with Crippen molar-refractivity contribution in [2.45, 2.75) is 51.0 Å². The number of ether oxygens (including phenoxy) is 1. The van der Waals surface area contributed by atoms with Crippen LogP contribution in [0.25, 0.3) is 0 Å². The first-order valence-electron chi connectivity index (χ1n) is 6.89. The van der Waals surface area contributed by atoms with Gasteiger partial charge in [-0.05, 0) is 37.0 Å². The summed E-state index contributed by atoms with van der Waals surface area (Å²) in [6.07, 6.45) is -4.27. The van der Waals surface area contributed by atoms with Gasteiger partial charge in [0.05, 0.1) is 24.9 Å². The van der Waals surface area contributed by atoms with Gasteiger partial charge >= 0.3 is 6.18 Å². The molecule has 1 aromatic rings. The minimum absolute atomic E-state index is 0.141. The Morgan fingerprint density at radius 3 is 2.29 bits per heavy atom. The molecule has 0 aromatic heterocycles. The fourth-order valence-electron chi connectivity index (χ4n) is 2.11. The normalized spacial score (nSPS) is 14.8. The van der Waals surface area contributed by atoms with E-state index in [4.69, 9.17) is 4.74 Å². The highest BCUT2D eigenvalue weighted by Crippen LogP contribution is 2.33. The van der Waals surface area contributed by atoms with Crippen molar-refractivity contribution in [1.82, 2.24) is 0 Å². The summed E-state index contributed by atoms with van der Waals surface area (Å²) in [6, 6.07) is 3.29. The SMILES string of the molecule is CCCC(O)C(O)CCc1ccc(C(F)(F)F)cc1OC. The van der Waals surface area contributed by atoms with Crippen LogP contribution in [-0.2, 0) is 12.6 Å². The molecule has 0 bridgehead atoms. The Morgan fingerprint density at radius 1 is 1.14 bits per heavy atom. The van der Waals surface area contributed by atoms with Gasteiger partial charge in [-0.3, -0.25) is 0 Å². The lowest BCUT2D eigenvalue weighted by molar-refractivity contribution is -0.137. The van der Waals surface area contributed by atoms with Crippen LogP contribution in [0.15, 0.2) is 18.2 Å². The van der Waals surface area contributed by atoms with E-state index in [0.29, 0.717) is 18.4 Å². The van der Waals surface area contributed by atoms with Crippen molar-refractivity contribution >= 4 is 0 Å². The average molecular weight is 306 g/mol. The molecule has 0 radical (unpaired) electrons. The largest absolute Gasteiger partial charge is 0.496 e. The van der Waals surface area contributed by atoms with Crippen molar-refractivity contribution in [1.29, 1.82) is 0 Å². The van der Waals surface area contributed by atoms with Gasteiger partial charge < -0.3 is 14.9 Å². The number of hydrogen-bond donors (Lipinski definition) is 2. The number of benzene rings is 1. The topological polar surface area (TPSA) is 49.7 Å². The molecule has 2 atom stereocenters. The number of aliphatic hydroxyl groups excluding tert-OH is 2. The number of methoxy groups -OCH3 is 1. The third-order valence-electron chi connectivity index (χ3n) is 3.35. The highest BCUT2D eigenvalue weighted by molar-refractivity contribution is 5.38. The molecule has 0 spiro atoms. The first kappa shape index (κ1) is 17.8. The van der Waals surface area contributed by atoms with Crippen molar-refractivity contribution < 1.29 is 28.1 Å². The summed E-state index contributed by atoms with van der Waals surface area (Å²) in [4.78, 5) is 0. The minimum Gasteiger partial charge on any atom is -0.496 e. The molecule has 2 unspecified atom stereocenters. The number of halogens is 3. The molecule has 0 amide bonds. The second kappa shape index (κ2) is 7.66. The summed E-state index contributed by atoms with van der Waals surface area (Å²) < 4.78 is 42.8. The maximum Gasteiger partial charge on any atom is 0.416 e. The van der Waals surface area contributed by atoms with Gasteiger partial charge in [0.25, 0.3) is 0 Å². The third-order valence-corrected chi connectivity index (χ3v) is 3.35. The first-order chi connectivity index (χ1) is 9.79. The average Bonchev–Trinajstić information content (AvgIpc) is 2.43. The van der Waals surface area contributed by atoms with E-state index >= 15 is 0 Å². The van der Waals surface area contributed by atoms with Gasteiger partial charge in [-0.2, -0.15) is 13.2 Å². The Balaban J connectivity index is 2.75. The molecule has 1 aromatic carbocycles. The number of rotatable bonds is 7. The lowest BCUT2D eigenvalue weighted by Crippen LogP contribution is -2.26. The molecule has 0 aliphatic rings. The number of hydrogen-bond acceptors (Lipinski definition) is 3. The Labute approximate surface area is 122 Å². The standard InChI is InChI=1S/C15H21F3O3/c1-3-4-12(19)13(20)8-6-10-5-7-11(15(16,17)18)9-14(10)21-2/h5,7,9,12-13,19-20H,3-4,6,8H2,1-2H3. The lowest BCUT2D eigenvalue weighted by atomic mass is 9.99.